The number of rotatable bonds is 14. The number of aliphatic carboxylic acids is 1. The number of benzene rings is 1. The summed E-state index contributed by atoms with van der Waals surface area (Å²) in [7, 11) is 0. The summed E-state index contributed by atoms with van der Waals surface area (Å²) in [6.45, 7) is 12.9. The van der Waals surface area contributed by atoms with Crippen LogP contribution in [0.1, 0.15) is 86.1 Å². The summed E-state index contributed by atoms with van der Waals surface area (Å²) in [5, 5.41) is 13.1. The van der Waals surface area contributed by atoms with Crippen molar-refractivity contribution >= 4 is 24.1 Å². The Morgan fingerprint density at radius 3 is 2.00 bits per heavy atom. The van der Waals surface area contributed by atoms with Gasteiger partial charge in [-0.3, -0.25) is 14.9 Å². The Labute approximate surface area is 219 Å². The van der Waals surface area contributed by atoms with Gasteiger partial charge >= 0.3 is 24.1 Å². The number of ether oxygens (including phenoxy) is 4. The third kappa shape index (κ3) is 11.2. The van der Waals surface area contributed by atoms with E-state index in [1.807, 2.05) is 41.5 Å². The Balaban J connectivity index is 3.40. The van der Waals surface area contributed by atoms with Crippen LogP contribution >= 0.6 is 0 Å². The summed E-state index contributed by atoms with van der Waals surface area (Å²) in [5.41, 5.74) is -2.16. The molecule has 0 bridgehead atoms. The molecule has 1 aromatic rings. The molecule has 0 aliphatic rings. The molecule has 37 heavy (non-hydrogen) atoms. The van der Waals surface area contributed by atoms with Crippen molar-refractivity contribution in [3.8, 4) is 11.5 Å². The molecule has 0 spiro atoms. The molecule has 0 amide bonds. The third-order valence-corrected chi connectivity index (χ3v) is 5.14. The first-order valence-corrected chi connectivity index (χ1v) is 12.7. The van der Waals surface area contributed by atoms with Crippen LogP contribution in [0, 0.1) is 5.41 Å². The molecule has 2 atom stereocenters. The lowest BCUT2D eigenvalue weighted by Gasteiger charge is -2.33. The molecule has 0 aliphatic carbocycles. The zero-order chi connectivity index (χ0) is 28.2. The average molecular weight is 524 g/mol. The highest BCUT2D eigenvalue weighted by molar-refractivity contribution is 5.81. The van der Waals surface area contributed by atoms with Crippen LogP contribution < -0.4 is 14.8 Å². The smallest absolute Gasteiger partial charge is 0.477 e. The highest BCUT2D eigenvalue weighted by atomic mass is 16.7. The van der Waals surface area contributed by atoms with E-state index in [-0.39, 0.29) is 48.8 Å². The van der Waals surface area contributed by atoms with E-state index >= 15 is 0 Å². The summed E-state index contributed by atoms with van der Waals surface area (Å²) in [6.07, 6.45) is 0.551. The highest BCUT2D eigenvalue weighted by Gasteiger charge is 2.45. The van der Waals surface area contributed by atoms with Crippen molar-refractivity contribution in [1.29, 1.82) is 0 Å². The van der Waals surface area contributed by atoms with E-state index in [9.17, 15) is 24.3 Å². The van der Waals surface area contributed by atoms with Crippen molar-refractivity contribution in [3.05, 3.63) is 23.8 Å². The number of nitrogens with one attached hydrogen (secondary N) is 1. The molecule has 10 nitrogen and oxygen atoms in total. The largest absolute Gasteiger partial charge is 0.510 e. The molecular weight excluding hydrogens is 482 g/mol. The van der Waals surface area contributed by atoms with E-state index in [1.54, 1.807) is 6.92 Å². The van der Waals surface area contributed by atoms with Gasteiger partial charge in [-0.05, 0) is 49.3 Å². The van der Waals surface area contributed by atoms with Gasteiger partial charge in [0.25, 0.3) is 5.72 Å². The number of carbonyl (C=O) groups excluding carboxylic acids is 3. The molecule has 0 fully saturated rings. The van der Waals surface area contributed by atoms with Gasteiger partial charge in [0.2, 0.25) is 0 Å². The van der Waals surface area contributed by atoms with E-state index in [1.165, 1.54) is 18.2 Å². The zero-order valence-corrected chi connectivity index (χ0v) is 23.0. The number of esters is 2. The van der Waals surface area contributed by atoms with Gasteiger partial charge in [0.15, 0.2) is 11.5 Å². The van der Waals surface area contributed by atoms with Crippen molar-refractivity contribution in [1.82, 2.24) is 5.32 Å². The molecule has 0 saturated heterocycles. The summed E-state index contributed by atoms with van der Waals surface area (Å²) in [4.78, 5) is 49.3. The molecule has 0 aromatic heterocycles. The van der Waals surface area contributed by atoms with E-state index < -0.39 is 29.8 Å². The summed E-state index contributed by atoms with van der Waals surface area (Å²) in [6, 6.07) is 4.02. The fourth-order valence-electron chi connectivity index (χ4n) is 3.11. The zero-order valence-electron chi connectivity index (χ0n) is 23.0. The van der Waals surface area contributed by atoms with Crippen LogP contribution in [0.25, 0.3) is 0 Å². The Kier molecular flexibility index (Phi) is 12.6. The molecule has 1 rings (SSSR count). The van der Waals surface area contributed by atoms with Crippen LogP contribution in [0.5, 0.6) is 11.5 Å². The Bertz CT molecular complexity index is 938. The second-order valence-corrected chi connectivity index (χ2v) is 10.2. The maximum atomic E-state index is 12.5. The number of hydrogen-bond donors (Lipinski definition) is 2. The standard InChI is InChI=1S/C27H41NO9/c1-8-11-22(29)35-20-14-13-19(15-21(20)36-23(30)12-9-2)16-27(24(31)32,28-18(4)10-3)37-25(33)34-17-26(5,6)7/h13-15,18,28H,8-12,16-17H2,1-7H3,(H,31,32)/t18?,27-/m0/s1. The quantitative estimate of drug-likeness (QED) is 0.194. The molecule has 208 valence electrons. The van der Waals surface area contributed by atoms with Gasteiger partial charge < -0.3 is 24.1 Å². The van der Waals surface area contributed by atoms with Crippen molar-refractivity contribution in [2.45, 2.75) is 98.8 Å². The van der Waals surface area contributed by atoms with E-state index in [0.717, 1.165) is 0 Å². The maximum absolute atomic E-state index is 12.5. The van der Waals surface area contributed by atoms with E-state index in [0.29, 0.717) is 24.8 Å². The molecule has 2 N–H and O–H groups in total. The second-order valence-electron chi connectivity index (χ2n) is 10.2. The average Bonchev–Trinajstić information content (AvgIpc) is 2.79. The van der Waals surface area contributed by atoms with Crippen LogP contribution in [0.4, 0.5) is 4.79 Å². The number of hydrogen-bond acceptors (Lipinski definition) is 9. The van der Waals surface area contributed by atoms with Gasteiger partial charge in [-0.1, -0.05) is 47.6 Å². The molecule has 0 heterocycles. The lowest BCUT2D eigenvalue weighted by molar-refractivity contribution is -0.167. The highest BCUT2D eigenvalue weighted by Crippen LogP contribution is 2.32. The van der Waals surface area contributed by atoms with E-state index in [4.69, 9.17) is 18.9 Å². The Morgan fingerprint density at radius 2 is 1.51 bits per heavy atom. The first-order chi connectivity index (χ1) is 17.2. The normalized spacial score (nSPS) is 13.7. The minimum absolute atomic E-state index is 0.0280. The first kappa shape index (κ1) is 31.9. The molecule has 10 heteroatoms. The molecule has 0 aliphatic heterocycles. The summed E-state index contributed by atoms with van der Waals surface area (Å²) < 4.78 is 21.3. The maximum Gasteiger partial charge on any atom is 0.510 e. The number of carboxylic acids is 1. The number of carbonyl (C=O) groups is 4. The van der Waals surface area contributed by atoms with Crippen LogP contribution in [0.15, 0.2) is 18.2 Å². The summed E-state index contributed by atoms with van der Waals surface area (Å²) in [5.74, 6) is -2.45. The van der Waals surface area contributed by atoms with Crippen molar-refractivity contribution in [3.63, 3.8) is 0 Å². The van der Waals surface area contributed by atoms with Crippen LogP contribution in [0.2, 0.25) is 0 Å². The second kappa shape index (κ2) is 14.6. The van der Waals surface area contributed by atoms with Crippen molar-refractivity contribution < 1.29 is 43.2 Å². The van der Waals surface area contributed by atoms with Gasteiger partial charge in [0.1, 0.15) is 0 Å². The molecule has 0 saturated carbocycles. The predicted molar refractivity (Wildman–Crippen MR) is 136 cm³/mol. The lowest BCUT2D eigenvalue weighted by atomic mass is 9.99. The van der Waals surface area contributed by atoms with E-state index in [2.05, 4.69) is 5.32 Å². The van der Waals surface area contributed by atoms with Crippen molar-refractivity contribution in [2.24, 2.45) is 5.41 Å². The predicted octanol–water partition coefficient (Wildman–Crippen LogP) is 5.01. The van der Waals surface area contributed by atoms with Crippen molar-refractivity contribution in [2.75, 3.05) is 6.61 Å². The fraction of sp³-hybridized carbons (Fsp3) is 0.630. The van der Waals surface area contributed by atoms with Gasteiger partial charge in [-0.25, -0.2) is 9.59 Å². The van der Waals surface area contributed by atoms with Gasteiger partial charge in [0.05, 0.1) is 6.61 Å². The molecule has 1 unspecified atom stereocenters. The molecule has 1 aromatic carbocycles. The van der Waals surface area contributed by atoms with Gasteiger partial charge in [-0.15, -0.1) is 0 Å². The molecular formula is C27H41NO9. The minimum Gasteiger partial charge on any atom is -0.477 e. The number of carboxylic acid groups (broad SMARTS) is 1. The lowest BCUT2D eigenvalue weighted by Crippen LogP contribution is -2.59. The minimum atomic E-state index is -2.17. The monoisotopic (exact) mass is 523 g/mol. The van der Waals surface area contributed by atoms with Crippen LogP contribution in [-0.4, -0.2) is 47.5 Å². The van der Waals surface area contributed by atoms with Crippen LogP contribution in [0.3, 0.4) is 0 Å². The fourth-order valence-corrected chi connectivity index (χ4v) is 3.11. The Morgan fingerprint density at radius 1 is 0.946 bits per heavy atom. The topological polar surface area (TPSA) is 137 Å². The van der Waals surface area contributed by atoms with Gasteiger partial charge in [0, 0.05) is 25.3 Å². The SMILES string of the molecule is CCCC(=O)Oc1ccc(C[C@](NC(C)CC)(OC(=O)OCC(C)(C)C)C(=O)O)cc1OC(=O)CCC. The van der Waals surface area contributed by atoms with Crippen LogP contribution in [-0.2, 0) is 30.3 Å². The third-order valence-electron chi connectivity index (χ3n) is 5.14. The van der Waals surface area contributed by atoms with Gasteiger partial charge in [-0.2, -0.15) is 0 Å². The summed E-state index contributed by atoms with van der Waals surface area (Å²) >= 11 is 0. The first-order valence-electron chi connectivity index (χ1n) is 12.7. The molecule has 0 radical (unpaired) electrons. The Hall–Kier alpha value is -3.14.